The van der Waals surface area contributed by atoms with Gasteiger partial charge in [-0.05, 0) is 60.0 Å². The first-order valence-corrected chi connectivity index (χ1v) is 6.87. The molecule has 0 aliphatic rings. The van der Waals surface area contributed by atoms with Crippen molar-refractivity contribution in [2.75, 3.05) is 6.54 Å². The Kier molecular flexibility index (Phi) is 6.06. The second-order valence-corrected chi connectivity index (χ2v) is 5.03. The average molecular weight is 329 g/mol. The van der Waals surface area contributed by atoms with Crippen LogP contribution >= 0.6 is 22.6 Å². The highest BCUT2D eigenvalue weighted by Crippen LogP contribution is 2.26. The van der Waals surface area contributed by atoms with Crippen LogP contribution in [0.1, 0.15) is 36.9 Å². The highest BCUT2D eigenvalue weighted by molar-refractivity contribution is 14.1. The van der Waals surface area contributed by atoms with Crippen molar-refractivity contribution in [2.24, 2.45) is 0 Å². The molecule has 0 spiro atoms. The van der Waals surface area contributed by atoms with Crippen LogP contribution in [0, 0.1) is 10.5 Å². The first kappa shape index (κ1) is 13.7. The van der Waals surface area contributed by atoms with Gasteiger partial charge in [-0.1, -0.05) is 31.2 Å². The monoisotopic (exact) mass is 329 g/mol. The number of nitrogens with one attached hydrogen (secondary N) is 1. The molecule has 0 fully saturated rings. The highest BCUT2D eigenvalue weighted by Gasteiger charge is 2.13. The van der Waals surface area contributed by atoms with Crippen molar-refractivity contribution >= 4 is 22.6 Å². The van der Waals surface area contributed by atoms with Gasteiger partial charge in [0.1, 0.15) is 0 Å². The second-order valence-electron chi connectivity index (χ2n) is 3.95. The number of allylic oxidation sites excluding steroid dienone is 1. The van der Waals surface area contributed by atoms with Gasteiger partial charge in [0.2, 0.25) is 0 Å². The third-order valence-electron chi connectivity index (χ3n) is 2.71. The van der Waals surface area contributed by atoms with E-state index < -0.39 is 0 Å². The Bertz CT molecular complexity index is 347. The molecular weight excluding hydrogens is 309 g/mol. The van der Waals surface area contributed by atoms with Gasteiger partial charge in [0.25, 0.3) is 0 Å². The van der Waals surface area contributed by atoms with Gasteiger partial charge in [-0.25, -0.2) is 0 Å². The van der Waals surface area contributed by atoms with E-state index in [2.05, 4.69) is 66.5 Å². The minimum atomic E-state index is 0.454. The highest BCUT2D eigenvalue weighted by atomic mass is 127. The van der Waals surface area contributed by atoms with Crippen LogP contribution < -0.4 is 5.32 Å². The number of hydrogen-bond acceptors (Lipinski definition) is 1. The fourth-order valence-electron chi connectivity index (χ4n) is 1.84. The SMILES string of the molecule is C=CCCC(NCC)c1cccc(C)c1I. The molecule has 88 valence electrons. The molecule has 1 nitrogen and oxygen atoms in total. The summed E-state index contributed by atoms with van der Waals surface area (Å²) in [6.45, 7) is 9.13. The molecule has 0 bridgehead atoms. The molecule has 0 aromatic heterocycles. The lowest BCUT2D eigenvalue weighted by Crippen LogP contribution is -2.21. The molecule has 0 saturated heterocycles. The Labute approximate surface area is 112 Å². The molecule has 0 aliphatic heterocycles. The van der Waals surface area contributed by atoms with Crippen LogP contribution in [0.25, 0.3) is 0 Å². The number of aryl methyl sites for hydroxylation is 1. The summed E-state index contributed by atoms with van der Waals surface area (Å²) >= 11 is 2.45. The third kappa shape index (κ3) is 3.59. The molecule has 0 heterocycles. The smallest absolute Gasteiger partial charge is 0.0333 e. The van der Waals surface area contributed by atoms with E-state index >= 15 is 0 Å². The van der Waals surface area contributed by atoms with E-state index in [1.54, 1.807) is 0 Å². The Hall–Kier alpha value is -0.350. The fourth-order valence-corrected chi connectivity index (χ4v) is 2.57. The van der Waals surface area contributed by atoms with Crippen LogP contribution in [0.15, 0.2) is 30.9 Å². The van der Waals surface area contributed by atoms with Crippen molar-refractivity contribution in [3.63, 3.8) is 0 Å². The summed E-state index contributed by atoms with van der Waals surface area (Å²) in [6.07, 6.45) is 4.17. The molecule has 0 saturated carbocycles. The summed E-state index contributed by atoms with van der Waals surface area (Å²) in [5, 5.41) is 3.55. The minimum absolute atomic E-state index is 0.454. The van der Waals surface area contributed by atoms with E-state index in [-0.39, 0.29) is 0 Å². The van der Waals surface area contributed by atoms with Crippen molar-refractivity contribution in [3.8, 4) is 0 Å². The van der Waals surface area contributed by atoms with Crippen molar-refractivity contribution in [1.82, 2.24) is 5.32 Å². The predicted octanol–water partition coefficient (Wildman–Crippen LogP) is 4.22. The topological polar surface area (TPSA) is 12.0 Å². The lowest BCUT2D eigenvalue weighted by molar-refractivity contribution is 0.517. The molecule has 0 radical (unpaired) electrons. The zero-order chi connectivity index (χ0) is 12.0. The molecule has 0 aliphatic carbocycles. The van der Waals surface area contributed by atoms with Crippen molar-refractivity contribution < 1.29 is 0 Å². The molecule has 1 aromatic rings. The Morgan fingerprint density at radius 2 is 2.25 bits per heavy atom. The van der Waals surface area contributed by atoms with Crippen LogP contribution in [-0.4, -0.2) is 6.54 Å². The minimum Gasteiger partial charge on any atom is -0.310 e. The fraction of sp³-hybridized carbons (Fsp3) is 0.429. The summed E-state index contributed by atoms with van der Waals surface area (Å²) < 4.78 is 1.38. The summed E-state index contributed by atoms with van der Waals surface area (Å²) in [6, 6.07) is 6.99. The lowest BCUT2D eigenvalue weighted by atomic mass is 10.00. The van der Waals surface area contributed by atoms with E-state index in [0.29, 0.717) is 6.04 Å². The quantitative estimate of drug-likeness (QED) is 0.609. The Morgan fingerprint density at radius 3 is 2.88 bits per heavy atom. The Balaban J connectivity index is 2.90. The van der Waals surface area contributed by atoms with Gasteiger partial charge in [-0.15, -0.1) is 6.58 Å². The van der Waals surface area contributed by atoms with Crippen LogP contribution in [-0.2, 0) is 0 Å². The van der Waals surface area contributed by atoms with E-state index in [0.717, 1.165) is 19.4 Å². The third-order valence-corrected chi connectivity index (χ3v) is 4.18. The zero-order valence-corrected chi connectivity index (χ0v) is 12.3. The maximum Gasteiger partial charge on any atom is 0.0333 e. The molecule has 1 unspecified atom stereocenters. The molecule has 2 heteroatoms. The normalized spacial score (nSPS) is 12.4. The van der Waals surface area contributed by atoms with Crippen LogP contribution in [0.3, 0.4) is 0 Å². The Morgan fingerprint density at radius 1 is 1.50 bits per heavy atom. The van der Waals surface area contributed by atoms with Crippen LogP contribution in [0.4, 0.5) is 0 Å². The molecule has 1 atom stereocenters. The largest absolute Gasteiger partial charge is 0.310 e. The summed E-state index contributed by atoms with van der Waals surface area (Å²) in [4.78, 5) is 0. The van der Waals surface area contributed by atoms with Gasteiger partial charge in [-0.3, -0.25) is 0 Å². The van der Waals surface area contributed by atoms with Crippen LogP contribution in [0.5, 0.6) is 0 Å². The molecule has 1 rings (SSSR count). The first-order chi connectivity index (χ1) is 7.70. The molecule has 0 amide bonds. The molecule has 16 heavy (non-hydrogen) atoms. The number of benzene rings is 1. The van der Waals surface area contributed by atoms with Crippen LogP contribution in [0.2, 0.25) is 0 Å². The maximum absolute atomic E-state index is 3.80. The second kappa shape index (κ2) is 7.07. The van der Waals surface area contributed by atoms with Crippen molar-refractivity contribution in [1.29, 1.82) is 0 Å². The number of hydrogen-bond donors (Lipinski definition) is 1. The van der Waals surface area contributed by atoms with Gasteiger partial charge in [0, 0.05) is 9.61 Å². The zero-order valence-electron chi connectivity index (χ0n) is 10.1. The van der Waals surface area contributed by atoms with Gasteiger partial charge in [0.05, 0.1) is 0 Å². The van der Waals surface area contributed by atoms with Gasteiger partial charge in [-0.2, -0.15) is 0 Å². The summed E-state index contributed by atoms with van der Waals surface area (Å²) in [5.41, 5.74) is 2.78. The van der Waals surface area contributed by atoms with Gasteiger partial charge < -0.3 is 5.32 Å². The number of halogens is 1. The average Bonchev–Trinajstić information content (AvgIpc) is 2.28. The maximum atomic E-state index is 3.80. The van der Waals surface area contributed by atoms with Crippen molar-refractivity contribution in [3.05, 3.63) is 45.6 Å². The predicted molar refractivity (Wildman–Crippen MR) is 79.7 cm³/mol. The van der Waals surface area contributed by atoms with E-state index in [1.165, 1.54) is 14.7 Å². The molecule has 1 N–H and O–H groups in total. The van der Waals surface area contributed by atoms with E-state index in [9.17, 15) is 0 Å². The summed E-state index contributed by atoms with van der Waals surface area (Å²) in [5.74, 6) is 0. The lowest BCUT2D eigenvalue weighted by Gasteiger charge is -2.20. The van der Waals surface area contributed by atoms with E-state index in [4.69, 9.17) is 0 Å². The van der Waals surface area contributed by atoms with E-state index in [1.807, 2.05) is 6.08 Å². The first-order valence-electron chi connectivity index (χ1n) is 5.80. The summed E-state index contributed by atoms with van der Waals surface area (Å²) in [7, 11) is 0. The van der Waals surface area contributed by atoms with Gasteiger partial charge in [0.15, 0.2) is 0 Å². The van der Waals surface area contributed by atoms with Crippen molar-refractivity contribution in [2.45, 2.75) is 32.7 Å². The number of rotatable bonds is 6. The standard InChI is InChI=1S/C14H20IN/c1-4-6-10-13(16-5-2)12-9-7-8-11(3)14(12)15/h4,7-9,13,16H,1,5-6,10H2,2-3H3. The molecular formula is C14H20IN. The van der Waals surface area contributed by atoms with Gasteiger partial charge >= 0.3 is 0 Å². The molecule has 1 aromatic carbocycles.